The Kier molecular flexibility index (Phi) is 2.98. The van der Waals surface area contributed by atoms with E-state index in [9.17, 15) is 0 Å². The predicted molar refractivity (Wildman–Crippen MR) is 41.9 cm³/mol. The van der Waals surface area contributed by atoms with Crippen molar-refractivity contribution in [2.45, 2.75) is 26.4 Å². The van der Waals surface area contributed by atoms with Crippen molar-refractivity contribution in [3.8, 4) is 0 Å². The first-order chi connectivity index (χ1) is 5.36. The molecule has 0 unspecified atom stereocenters. The van der Waals surface area contributed by atoms with E-state index < -0.39 is 0 Å². The Bertz CT molecular complexity index is 225. The summed E-state index contributed by atoms with van der Waals surface area (Å²) in [5, 5.41) is 8.71. The number of aliphatic hydroxyl groups is 1. The van der Waals surface area contributed by atoms with E-state index in [2.05, 4.69) is 16.9 Å². The normalized spacial score (nSPS) is 10.0. The van der Waals surface area contributed by atoms with Gasteiger partial charge in [-0.1, -0.05) is 13.3 Å². The summed E-state index contributed by atoms with van der Waals surface area (Å²) in [5.41, 5.74) is 1.01. The Labute approximate surface area is 66.1 Å². The predicted octanol–water partition coefficient (Wildman–Crippen LogP) is 0.921. The van der Waals surface area contributed by atoms with E-state index in [1.807, 2.05) is 6.07 Å². The van der Waals surface area contributed by atoms with E-state index in [1.165, 1.54) is 0 Å². The maximum absolute atomic E-state index is 8.71. The van der Waals surface area contributed by atoms with Crippen molar-refractivity contribution in [2.24, 2.45) is 0 Å². The molecule has 0 saturated heterocycles. The van der Waals surface area contributed by atoms with Crippen molar-refractivity contribution in [3.05, 3.63) is 23.8 Å². The van der Waals surface area contributed by atoms with Gasteiger partial charge in [-0.25, -0.2) is 9.97 Å². The number of nitrogens with zero attached hydrogens (tertiary/aromatic N) is 2. The molecule has 3 nitrogen and oxygen atoms in total. The van der Waals surface area contributed by atoms with Gasteiger partial charge in [0.05, 0.1) is 0 Å². The maximum Gasteiger partial charge on any atom is 0.153 e. The Balaban J connectivity index is 2.74. The standard InChI is InChI=1S/C8H12N2O/c1-2-3-7-4-5-9-8(6-11)10-7/h4-5,11H,2-3,6H2,1H3. The van der Waals surface area contributed by atoms with Crippen LogP contribution in [-0.2, 0) is 13.0 Å². The van der Waals surface area contributed by atoms with Gasteiger partial charge in [0, 0.05) is 11.9 Å². The third-order valence-electron chi connectivity index (χ3n) is 1.41. The first kappa shape index (κ1) is 8.14. The summed E-state index contributed by atoms with van der Waals surface area (Å²) in [6.07, 6.45) is 3.71. The third-order valence-corrected chi connectivity index (χ3v) is 1.41. The fourth-order valence-corrected chi connectivity index (χ4v) is 0.913. The highest BCUT2D eigenvalue weighted by Crippen LogP contribution is 1.98. The van der Waals surface area contributed by atoms with Gasteiger partial charge in [0.25, 0.3) is 0 Å². The molecule has 0 fully saturated rings. The van der Waals surface area contributed by atoms with Crippen molar-refractivity contribution >= 4 is 0 Å². The zero-order chi connectivity index (χ0) is 8.10. The van der Waals surface area contributed by atoms with Crippen molar-refractivity contribution in [1.82, 2.24) is 9.97 Å². The van der Waals surface area contributed by atoms with Crippen LogP contribution in [0.15, 0.2) is 12.3 Å². The lowest BCUT2D eigenvalue weighted by Crippen LogP contribution is -1.97. The zero-order valence-corrected chi connectivity index (χ0v) is 6.62. The highest BCUT2D eigenvalue weighted by atomic mass is 16.3. The molecule has 1 rings (SSSR count). The molecular weight excluding hydrogens is 140 g/mol. The average Bonchev–Trinajstić information content (AvgIpc) is 2.06. The Morgan fingerprint density at radius 2 is 2.36 bits per heavy atom. The minimum atomic E-state index is -0.0719. The number of aryl methyl sites for hydroxylation is 1. The molecule has 0 bridgehead atoms. The highest BCUT2D eigenvalue weighted by molar-refractivity contribution is 5.01. The maximum atomic E-state index is 8.71. The smallest absolute Gasteiger partial charge is 0.153 e. The number of rotatable bonds is 3. The van der Waals surface area contributed by atoms with Crippen LogP contribution in [0.25, 0.3) is 0 Å². The molecule has 0 aliphatic rings. The fraction of sp³-hybridized carbons (Fsp3) is 0.500. The summed E-state index contributed by atoms with van der Waals surface area (Å²) < 4.78 is 0. The summed E-state index contributed by atoms with van der Waals surface area (Å²) >= 11 is 0. The van der Waals surface area contributed by atoms with Crippen LogP contribution in [0.2, 0.25) is 0 Å². The summed E-state index contributed by atoms with van der Waals surface area (Å²) in [6, 6.07) is 1.88. The van der Waals surface area contributed by atoms with Gasteiger partial charge in [-0.15, -0.1) is 0 Å². The van der Waals surface area contributed by atoms with E-state index in [0.717, 1.165) is 18.5 Å². The summed E-state index contributed by atoms with van der Waals surface area (Å²) in [7, 11) is 0. The van der Waals surface area contributed by atoms with Crippen molar-refractivity contribution < 1.29 is 5.11 Å². The van der Waals surface area contributed by atoms with Crippen LogP contribution in [-0.4, -0.2) is 15.1 Å². The van der Waals surface area contributed by atoms with E-state index in [0.29, 0.717) is 5.82 Å². The molecule has 0 aliphatic heterocycles. The van der Waals surface area contributed by atoms with Gasteiger partial charge >= 0.3 is 0 Å². The van der Waals surface area contributed by atoms with Crippen LogP contribution >= 0.6 is 0 Å². The molecule has 0 aliphatic carbocycles. The molecule has 0 amide bonds. The van der Waals surface area contributed by atoms with Gasteiger partial charge in [0.1, 0.15) is 6.61 Å². The number of aromatic nitrogens is 2. The van der Waals surface area contributed by atoms with E-state index in [-0.39, 0.29) is 6.61 Å². The molecular formula is C8H12N2O. The molecule has 1 aromatic rings. The minimum Gasteiger partial charge on any atom is -0.388 e. The largest absolute Gasteiger partial charge is 0.388 e. The Morgan fingerprint density at radius 3 is 3.00 bits per heavy atom. The summed E-state index contributed by atoms with van der Waals surface area (Å²) in [4.78, 5) is 8.00. The molecule has 1 heterocycles. The average molecular weight is 152 g/mol. The third kappa shape index (κ3) is 2.27. The zero-order valence-electron chi connectivity index (χ0n) is 6.62. The Morgan fingerprint density at radius 1 is 1.55 bits per heavy atom. The van der Waals surface area contributed by atoms with E-state index in [4.69, 9.17) is 5.11 Å². The van der Waals surface area contributed by atoms with E-state index >= 15 is 0 Å². The van der Waals surface area contributed by atoms with Crippen LogP contribution in [0.4, 0.5) is 0 Å². The molecule has 0 atom stereocenters. The Hall–Kier alpha value is -0.960. The molecule has 0 radical (unpaired) electrons. The van der Waals surface area contributed by atoms with Crippen LogP contribution in [0, 0.1) is 0 Å². The fourth-order valence-electron chi connectivity index (χ4n) is 0.913. The number of hydrogen-bond donors (Lipinski definition) is 1. The van der Waals surface area contributed by atoms with Gasteiger partial charge in [0.15, 0.2) is 5.82 Å². The summed E-state index contributed by atoms with van der Waals surface area (Å²) in [5.74, 6) is 0.510. The van der Waals surface area contributed by atoms with E-state index in [1.54, 1.807) is 6.20 Å². The molecule has 11 heavy (non-hydrogen) atoms. The number of aliphatic hydroxyl groups excluding tert-OH is 1. The minimum absolute atomic E-state index is 0.0719. The molecule has 3 heteroatoms. The van der Waals surface area contributed by atoms with Crippen LogP contribution in [0.1, 0.15) is 24.9 Å². The lowest BCUT2D eigenvalue weighted by Gasteiger charge is -1.98. The second kappa shape index (κ2) is 4.03. The van der Waals surface area contributed by atoms with Gasteiger partial charge in [-0.3, -0.25) is 0 Å². The second-order valence-corrected chi connectivity index (χ2v) is 2.37. The molecule has 1 aromatic heterocycles. The topological polar surface area (TPSA) is 46.0 Å². The van der Waals surface area contributed by atoms with Gasteiger partial charge in [0.2, 0.25) is 0 Å². The molecule has 1 N–H and O–H groups in total. The second-order valence-electron chi connectivity index (χ2n) is 2.37. The lowest BCUT2D eigenvalue weighted by molar-refractivity contribution is 0.271. The van der Waals surface area contributed by atoms with Gasteiger partial charge in [-0.2, -0.15) is 0 Å². The first-order valence-corrected chi connectivity index (χ1v) is 3.78. The van der Waals surface area contributed by atoms with Crippen molar-refractivity contribution in [3.63, 3.8) is 0 Å². The SMILES string of the molecule is CCCc1ccnc(CO)n1. The first-order valence-electron chi connectivity index (χ1n) is 3.78. The van der Waals surface area contributed by atoms with Crippen molar-refractivity contribution in [2.75, 3.05) is 0 Å². The molecule has 0 aromatic carbocycles. The monoisotopic (exact) mass is 152 g/mol. The quantitative estimate of drug-likeness (QED) is 0.700. The van der Waals surface area contributed by atoms with Gasteiger partial charge in [-0.05, 0) is 12.5 Å². The van der Waals surface area contributed by atoms with Crippen molar-refractivity contribution in [1.29, 1.82) is 0 Å². The lowest BCUT2D eigenvalue weighted by atomic mass is 10.2. The van der Waals surface area contributed by atoms with Gasteiger partial charge < -0.3 is 5.11 Å². The van der Waals surface area contributed by atoms with Crippen LogP contribution in [0.3, 0.4) is 0 Å². The van der Waals surface area contributed by atoms with Crippen LogP contribution < -0.4 is 0 Å². The molecule has 0 spiro atoms. The molecule has 60 valence electrons. The number of hydrogen-bond acceptors (Lipinski definition) is 3. The summed E-state index contributed by atoms with van der Waals surface area (Å²) in [6.45, 7) is 2.03. The molecule has 0 saturated carbocycles. The van der Waals surface area contributed by atoms with Crippen LogP contribution in [0.5, 0.6) is 0 Å². The highest BCUT2D eigenvalue weighted by Gasteiger charge is 1.95.